The first-order valence-electron chi connectivity index (χ1n) is 12.6. The maximum absolute atomic E-state index is 13.3. The molecule has 1 aliphatic heterocycles. The van der Waals surface area contributed by atoms with Crippen molar-refractivity contribution in [2.45, 2.75) is 77.0 Å². The van der Waals surface area contributed by atoms with Gasteiger partial charge in [-0.3, -0.25) is 14.4 Å². The van der Waals surface area contributed by atoms with Crippen LogP contribution in [0.5, 0.6) is 0 Å². The van der Waals surface area contributed by atoms with Gasteiger partial charge in [-0.2, -0.15) is 0 Å². The fourth-order valence-corrected chi connectivity index (χ4v) is 4.79. The van der Waals surface area contributed by atoms with Gasteiger partial charge < -0.3 is 20.7 Å². The van der Waals surface area contributed by atoms with E-state index in [4.69, 9.17) is 4.74 Å². The number of benzene rings is 1. The highest BCUT2D eigenvalue weighted by Crippen LogP contribution is 2.27. The summed E-state index contributed by atoms with van der Waals surface area (Å²) in [5, 5.41) is 8.53. The first-order valence-corrected chi connectivity index (χ1v) is 12.6. The van der Waals surface area contributed by atoms with Crippen LogP contribution >= 0.6 is 0 Å². The van der Waals surface area contributed by atoms with E-state index in [0.29, 0.717) is 31.7 Å². The van der Waals surface area contributed by atoms with Crippen LogP contribution in [-0.4, -0.2) is 42.3 Å². The van der Waals surface area contributed by atoms with Crippen molar-refractivity contribution in [2.75, 3.05) is 6.54 Å². The number of hydrogen-bond acceptors (Lipinski definition) is 5. The molecule has 0 radical (unpaired) electrons. The summed E-state index contributed by atoms with van der Waals surface area (Å²) in [6.07, 6.45) is 9.52. The van der Waals surface area contributed by atoms with Gasteiger partial charge in [-0.1, -0.05) is 68.5 Å². The summed E-state index contributed by atoms with van der Waals surface area (Å²) < 4.78 is 5.36. The van der Waals surface area contributed by atoms with E-state index in [1.165, 1.54) is 19.4 Å². The Kier molecular flexibility index (Phi) is 10.3. The normalized spacial score (nSPS) is 20.1. The van der Waals surface area contributed by atoms with Gasteiger partial charge in [0, 0.05) is 18.5 Å². The zero-order valence-corrected chi connectivity index (χ0v) is 20.5. The maximum Gasteiger partial charge on any atom is 0.408 e. The fourth-order valence-electron chi connectivity index (χ4n) is 4.79. The number of carbonyl (C=O) groups excluding carboxylic acids is 4. The van der Waals surface area contributed by atoms with E-state index in [0.717, 1.165) is 31.2 Å². The molecule has 0 bridgehead atoms. The molecule has 1 aliphatic carbocycles. The smallest absolute Gasteiger partial charge is 0.408 e. The lowest BCUT2D eigenvalue weighted by Crippen LogP contribution is -2.50. The second-order valence-corrected chi connectivity index (χ2v) is 9.60. The molecule has 2 fully saturated rings. The van der Waals surface area contributed by atoms with Gasteiger partial charge in [-0.15, -0.1) is 0 Å². The number of carbonyl (C=O) groups is 4. The second-order valence-electron chi connectivity index (χ2n) is 9.60. The lowest BCUT2D eigenvalue weighted by molar-refractivity contribution is -0.125. The van der Waals surface area contributed by atoms with Crippen molar-refractivity contribution in [3.63, 3.8) is 0 Å². The van der Waals surface area contributed by atoms with Crippen LogP contribution in [0, 0.1) is 11.8 Å². The van der Waals surface area contributed by atoms with E-state index in [9.17, 15) is 19.2 Å². The van der Waals surface area contributed by atoms with Gasteiger partial charge in [0.1, 0.15) is 12.6 Å². The number of amides is 3. The van der Waals surface area contributed by atoms with Crippen molar-refractivity contribution in [3.05, 3.63) is 48.0 Å². The molecule has 0 unspecified atom stereocenters. The van der Waals surface area contributed by atoms with Gasteiger partial charge >= 0.3 is 6.09 Å². The zero-order chi connectivity index (χ0) is 25.0. The van der Waals surface area contributed by atoms with Crippen LogP contribution in [0.25, 0.3) is 0 Å². The van der Waals surface area contributed by atoms with Gasteiger partial charge in [0.05, 0.1) is 0 Å². The van der Waals surface area contributed by atoms with Crippen molar-refractivity contribution in [1.82, 2.24) is 16.0 Å². The highest BCUT2D eigenvalue weighted by molar-refractivity contribution is 5.88. The highest BCUT2D eigenvalue weighted by Gasteiger charge is 2.30. The third-order valence-corrected chi connectivity index (χ3v) is 6.71. The van der Waals surface area contributed by atoms with E-state index < -0.39 is 18.2 Å². The summed E-state index contributed by atoms with van der Waals surface area (Å²) in [5.41, 5.74) is 0.861. The van der Waals surface area contributed by atoms with Gasteiger partial charge in [-0.05, 0) is 43.7 Å². The lowest BCUT2D eigenvalue weighted by atomic mass is 9.84. The van der Waals surface area contributed by atoms with E-state index in [1.54, 1.807) is 6.08 Å². The fraction of sp³-hybridized carbons (Fsp3) is 0.556. The van der Waals surface area contributed by atoms with Crippen molar-refractivity contribution >= 4 is 23.7 Å². The van der Waals surface area contributed by atoms with Crippen LogP contribution in [0.4, 0.5) is 4.79 Å². The summed E-state index contributed by atoms with van der Waals surface area (Å²) in [5.74, 6) is -0.384. The van der Waals surface area contributed by atoms with Gasteiger partial charge in [-0.25, -0.2) is 4.79 Å². The minimum absolute atomic E-state index is 0.0400. The molecule has 1 aromatic carbocycles. The molecule has 3 amide bonds. The van der Waals surface area contributed by atoms with Crippen molar-refractivity contribution < 1.29 is 23.9 Å². The van der Waals surface area contributed by atoms with E-state index >= 15 is 0 Å². The standard InChI is InChI=1S/C27H37N3O5/c1-19(31)12-13-23(17-22-14-15-28-25(22)32)29-26(33)24(16-20-8-4-2-5-9-20)30-27(34)35-18-21-10-6-3-7-11-21/h3,6-7,10-13,20,22-24H,2,4-5,8-9,14-18H2,1H3,(H,28,32)(H,29,33)(H,30,34)/b13-12+/t22-,23+,24-/m0/s1. The molecule has 0 spiro atoms. The number of hydrogen-bond donors (Lipinski definition) is 3. The molecule has 3 N–H and O–H groups in total. The zero-order valence-electron chi connectivity index (χ0n) is 20.5. The summed E-state index contributed by atoms with van der Waals surface area (Å²) in [6, 6.07) is 8.11. The Bertz CT molecular complexity index is 895. The Labute approximate surface area is 207 Å². The SMILES string of the molecule is CC(=O)/C=C/[C@H](C[C@@H]1CCNC1=O)NC(=O)[C@H](CC1CCCCC1)NC(=O)OCc1ccccc1. The van der Waals surface area contributed by atoms with Crippen LogP contribution in [-0.2, 0) is 25.7 Å². The Morgan fingerprint density at radius 2 is 1.80 bits per heavy atom. The Balaban J connectivity index is 1.65. The maximum atomic E-state index is 13.3. The number of ether oxygens (including phenoxy) is 1. The number of allylic oxidation sites excluding steroid dienone is 1. The van der Waals surface area contributed by atoms with Gasteiger partial charge in [0.15, 0.2) is 5.78 Å². The molecule has 1 aromatic rings. The molecular weight excluding hydrogens is 446 g/mol. The summed E-state index contributed by atoms with van der Waals surface area (Å²) in [4.78, 5) is 49.5. The summed E-state index contributed by atoms with van der Waals surface area (Å²) in [6.45, 7) is 2.17. The van der Waals surface area contributed by atoms with Crippen LogP contribution in [0.2, 0.25) is 0 Å². The topological polar surface area (TPSA) is 114 Å². The monoisotopic (exact) mass is 483 g/mol. The quantitative estimate of drug-likeness (QED) is 0.418. The first kappa shape index (κ1) is 26.4. The molecular formula is C27H37N3O5. The molecule has 1 saturated carbocycles. The average molecular weight is 484 g/mol. The Hall–Kier alpha value is -3.16. The van der Waals surface area contributed by atoms with Crippen LogP contribution in [0.3, 0.4) is 0 Å². The molecule has 2 aliphatic rings. The Morgan fingerprint density at radius 3 is 2.46 bits per heavy atom. The molecule has 3 rings (SSSR count). The number of rotatable bonds is 11. The minimum Gasteiger partial charge on any atom is -0.445 e. The number of ketones is 1. The van der Waals surface area contributed by atoms with Crippen LogP contribution in [0.1, 0.15) is 63.9 Å². The van der Waals surface area contributed by atoms with Crippen molar-refractivity contribution in [3.8, 4) is 0 Å². The Morgan fingerprint density at radius 1 is 1.06 bits per heavy atom. The van der Waals surface area contributed by atoms with Crippen molar-refractivity contribution in [1.29, 1.82) is 0 Å². The lowest BCUT2D eigenvalue weighted by Gasteiger charge is -2.28. The average Bonchev–Trinajstić information content (AvgIpc) is 3.26. The molecule has 1 saturated heterocycles. The molecule has 3 atom stereocenters. The predicted octanol–water partition coefficient (Wildman–Crippen LogP) is 3.41. The van der Waals surface area contributed by atoms with E-state index in [1.807, 2.05) is 30.3 Å². The van der Waals surface area contributed by atoms with Crippen molar-refractivity contribution in [2.24, 2.45) is 11.8 Å². The van der Waals surface area contributed by atoms with Crippen LogP contribution in [0.15, 0.2) is 42.5 Å². The largest absolute Gasteiger partial charge is 0.445 e. The summed E-state index contributed by atoms with van der Waals surface area (Å²) >= 11 is 0. The number of nitrogens with one attached hydrogen (secondary N) is 3. The van der Waals surface area contributed by atoms with Crippen LogP contribution < -0.4 is 16.0 Å². The molecule has 8 heteroatoms. The highest BCUT2D eigenvalue weighted by atomic mass is 16.5. The third-order valence-electron chi connectivity index (χ3n) is 6.71. The third kappa shape index (κ3) is 9.19. The van der Waals surface area contributed by atoms with Gasteiger partial charge in [0.25, 0.3) is 0 Å². The molecule has 190 valence electrons. The summed E-state index contributed by atoms with van der Waals surface area (Å²) in [7, 11) is 0. The first-order chi connectivity index (χ1) is 16.9. The second kappa shape index (κ2) is 13.7. The molecule has 1 heterocycles. The molecule has 0 aromatic heterocycles. The van der Waals surface area contributed by atoms with Gasteiger partial charge in [0.2, 0.25) is 11.8 Å². The van der Waals surface area contributed by atoms with E-state index in [-0.39, 0.29) is 30.1 Å². The number of alkyl carbamates (subject to hydrolysis) is 1. The molecule has 35 heavy (non-hydrogen) atoms. The van der Waals surface area contributed by atoms with E-state index in [2.05, 4.69) is 16.0 Å². The molecule has 8 nitrogen and oxygen atoms in total. The minimum atomic E-state index is -0.757. The predicted molar refractivity (Wildman–Crippen MR) is 132 cm³/mol.